The Labute approximate surface area is 567 Å². The molecule has 0 spiro atoms. The van der Waals surface area contributed by atoms with Gasteiger partial charge in [0.15, 0.2) is 29.5 Å². The van der Waals surface area contributed by atoms with Crippen molar-refractivity contribution in [2.75, 3.05) is 38.3 Å². The summed E-state index contributed by atoms with van der Waals surface area (Å²) >= 11 is 28.7. The van der Waals surface area contributed by atoms with Crippen molar-refractivity contribution in [3.8, 4) is 33.4 Å². The van der Waals surface area contributed by atoms with Crippen LogP contribution in [0.15, 0.2) is 166 Å². The number of aromatic nitrogens is 12. The predicted molar refractivity (Wildman–Crippen MR) is 358 cm³/mol. The summed E-state index contributed by atoms with van der Waals surface area (Å²) in [6, 6.07) is 24.6. The van der Waals surface area contributed by atoms with Gasteiger partial charge in [-0.2, -0.15) is 0 Å². The van der Waals surface area contributed by atoms with E-state index in [-0.39, 0.29) is 57.4 Å². The first-order valence-corrected chi connectivity index (χ1v) is 34.7. The molecule has 12 aromatic rings. The molecule has 0 aliphatic heterocycles. The molecule has 0 bridgehead atoms. The number of sulfone groups is 3. The Morgan fingerprint density at radius 3 is 1.14 bits per heavy atom. The number of tetrazole rings is 1. The van der Waals surface area contributed by atoms with E-state index in [0.29, 0.717) is 81.6 Å². The lowest BCUT2D eigenvalue weighted by molar-refractivity contribution is 0.0592. The van der Waals surface area contributed by atoms with E-state index < -0.39 is 53.3 Å². The number of nitrogens with one attached hydrogen (secondary N) is 1. The maximum atomic E-state index is 12.9. The minimum Gasteiger partial charge on any atom is -0.478 e. The number of anilines is 1. The second-order valence-electron chi connectivity index (χ2n) is 20.0. The number of carboxylic acid groups (broad SMARTS) is 1. The summed E-state index contributed by atoms with van der Waals surface area (Å²) in [5.74, 6) is -2.60. The van der Waals surface area contributed by atoms with E-state index >= 15 is 0 Å². The number of methoxy groups -OCH3 is 2. The Bertz CT molecular complexity index is 5420. The minimum atomic E-state index is -3.35. The summed E-state index contributed by atoms with van der Waals surface area (Å²) in [5.41, 5.74) is 6.04. The Hall–Kier alpha value is -9.66. The number of rotatable bonds is 11. The molecule has 0 radical (unpaired) electrons. The summed E-state index contributed by atoms with van der Waals surface area (Å²) < 4.78 is 81.2. The number of carboxylic acids is 1. The number of carbonyl (C=O) groups excluding carboxylic acids is 3. The van der Waals surface area contributed by atoms with E-state index in [0.717, 1.165) is 24.2 Å². The fraction of sp³-hybridized carbons (Fsp3) is 0.0984. The molecule has 0 saturated carbocycles. The summed E-state index contributed by atoms with van der Waals surface area (Å²) in [5, 5.41) is 26.0. The number of hydrogen-bond donors (Lipinski definition) is 2. The molecule has 2 N–H and O–H groups in total. The zero-order valence-corrected chi connectivity index (χ0v) is 56.7. The van der Waals surface area contributed by atoms with Crippen molar-refractivity contribution < 1.29 is 59.0 Å². The first-order chi connectivity index (χ1) is 45.0. The van der Waals surface area contributed by atoms with Crippen molar-refractivity contribution in [1.29, 1.82) is 0 Å². The molecule has 34 heteroatoms. The molecule has 26 nitrogen and oxygen atoms in total. The van der Waals surface area contributed by atoms with Crippen molar-refractivity contribution in [1.82, 2.24) is 60.1 Å². The van der Waals surface area contributed by atoms with Crippen LogP contribution in [0.1, 0.15) is 41.4 Å². The SMILES string of the molecule is COC(=O)c1cc2cncnc2c(-c2ccc(S(C)(=O)=O)cc2)c1Cl.COC(=O)c1cc2cncnc2c(Br)c1Cl.CS(=O)(=O)c1ccc(-c2c(Cl)c(C(=O)O)cc3cncnc23)cc1.Cn1nnnc1NC(=O)c1cc2cncnc2c(-c2ccc(S(C)(=O)=O)cc2)c1Cl. The molecule has 0 unspecified atom stereocenters. The van der Waals surface area contributed by atoms with Gasteiger partial charge < -0.3 is 14.6 Å². The van der Waals surface area contributed by atoms with Gasteiger partial charge in [0.05, 0.1) is 97.8 Å². The lowest BCUT2D eigenvalue weighted by Gasteiger charge is -2.13. The van der Waals surface area contributed by atoms with Crippen molar-refractivity contribution >= 4 is 165 Å². The molecule has 0 atom stereocenters. The molecule has 0 fully saturated rings. The van der Waals surface area contributed by atoms with E-state index in [2.05, 4.69) is 81.4 Å². The summed E-state index contributed by atoms with van der Waals surface area (Å²) in [4.78, 5) is 80.9. The number of fused-ring (bicyclic) bond motifs is 4. The third kappa shape index (κ3) is 15.5. The maximum Gasteiger partial charge on any atom is 0.339 e. The normalized spacial score (nSPS) is 11.4. The van der Waals surface area contributed by atoms with Gasteiger partial charge >= 0.3 is 17.9 Å². The smallest absolute Gasteiger partial charge is 0.339 e. The predicted octanol–water partition coefficient (Wildman–Crippen LogP) is 11.2. The van der Waals surface area contributed by atoms with Gasteiger partial charge in [-0.1, -0.05) is 87.9 Å². The standard InChI is InChI=1S/C18H14ClN7O3S.C17H13ClN2O4S.C16H11ClN2O4S.C10H6BrClN2O2/c1-26-18(23-24-25-26)22-17(27)13-7-11-8-20-9-21-16(11)14(15(13)19)10-3-5-12(6-4-10)30(2,28)29;1-24-17(21)13-7-11-8-19-9-20-16(11)14(15(13)18)10-3-5-12(6-4-10)25(2,22)23;1-24(22,23)11-4-2-9(3-5-11)13-14(17)12(16(20)21)6-10-7-18-8-19-15(10)13;1-16-10(15)6-2-5-3-13-4-14-9(5)7(11)8(6)12/h3-9H,1-2H3,(H,22,23,25,27);3-9H,1-2H3;2-8H,1H3,(H,20,21);2-4H,1H3. The summed E-state index contributed by atoms with van der Waals surface area (Å²) in [7, 11) is -5.84. The number of halogens is 5. The highest BCUT2D eigenvalue weighted by atomic mass is 79.9. The van der Waals surface area contributed by atoms with Gasteiger partial charge in [0.1, 0.15) is 25.3 Å². The zero-order chi connectivity index (χ0) is 68.8. The van der Waals surface area contributed by atoms with Crippen LogP contribution in [0.3, 0.4) is 0 Å². The number of esters is 2. The molecule has 95 heavy (non-hydrogen) atoms. The van der Waals surface area contributed by atoms with Crippen molar-refractivity contribution in [3.05, 3.63) is 194 Å². The second kappa shape index (κ2) is 28.9. The van der Waals surface area contributed by atoms with Crippen LogP contribution in [-0.4, -0.2) is 147 Å². The number of amides is 1. The largest absolute Gasteiger partial charge is 0.478 e. The number of hydrogen-bond acceptors (Lipinski definition) is 23. The number of aryl methyl sites for hydroxylation is 1. The van der Waals surface area contributed by atoms with Crippen LogP contribution in [0.5, 0.6) is 0 Å². The molecule has 1 amide bonds. The first kappa shape index (κ1) is 69.7. The molecular formula is C61H44BrCl4N13O13S3. The van der Waals surface area contributed by atoms with Crippen LogP contribution in [0, 0.1) is 0 Å². The zero-order valence-electron chi connectivity index (χ0n) is 49.7. The van der Waals surface area contributed by atoms with Gasteiger partial charge in [0.2, 0.25) is 5.95 Å². The van der Waals surface area contributed by atoms with Gasteiger partial charge in [0.25, 0.3) is 5.91 Å². The molecule has 0 aliphatic carbocycles. The Balaban J connectivity index is 0.000000152. The number of ether oxygens (including phenoxy) is 2. The van der Waals surface area contributed by atoms with E-state index in [1.807, 2.05) is 0 Å². The van der Waals surface area contributed by atoms with Gasteiger partial charge in [0, 0.05) is 88.8 Å². The van der Waals surface area contributed by atoms with Gasteiger partial charge in [-0.15, -0.1) is 0 Å². The van der Waals surface area contributed by atoms with Crippen LogP contribution in [-0.2, 0) is 46.0 Å². The van der Waals surface area contributed by atoms with E-state index in [4.69, 9.17) is 51.1 Å². The third-order valence-corrected chi connectivity index (χ3v) is 19.7. The van der Waals surface area contributed by atoms with Crippen molar-refractivity contribution in [2.45, 2.75) is 14.7 Å². The molecule has 7 aromatic carbocycles. The minimum absolute atomic E-state index is 0.0424. The fourth-order valence-corrected chi connectivity index (χ4v) is 12.8. The van der Waals surface area contributed by atoms with Crippen LogP contribution < -0.4 is 5.32 Å². The van der Waals surface area contributed by atoms with Crippen LogP contribution in [0.4, 0.5) is 5.95 Å². The summed E-state index contributed by atoms with van der Waals surface area (Å²) in [6.45, 7) is 0. The van der Waals surface area contributed by atoms with E-state index in [1.165, 1.54) is 92.9 Å². The molecule has 0 aliphatic rings. The second-order valence-corrected chi connectivity index (χ2v) is 28.3. The molecule has 5 aromatic heterocycles. The fourth-order valence-electron chi connectivity index (χ4n) is 9.15. The molecule has 484 valence electrons. The van der Waals surface area contributed by atoms with Crippen molar-refractivity contribution in [3.63, 3.8) is 0 Å². The van der Waals surface area contributed by atoms with Crippen LogP contribution in [0.25, 0.3) is 77.0 Å². The van der Waals surface area contributed by atoms with Gasteiger partial charge in [-0.3, -0.25) is 10.1 Å². The van der Waals surface area contributed by atoms with Crippen LogP contribution >= 0.6 is 62.3 Å². The van der Waals surface area contributed by atoms with E-state index in [1.54, 1.807) is 80.2 Å². The number of benzene rings is 7. The highest BCUT2D eigenvalue weighted by Crippen LogP contribution is 2.41. The highest BCUT2D eigenvalue weighted by molar-refractivity contribution is 9.10. The third-order valence-electron chi connectivity index (χ3n) is 13.7. The average Bonchev–Trinajstić information content (AvgIpc) is 0.960. The highest BCUT2D eigenvalue weighted by Gasteiger charge is 2.25. The number of aromatic carboxylic acids is 1. The maximum absolute atomic E-state index is 12.9. The molecule has 12 rings (SSSR count). The number of carbonyl (C=O) groups is 4. The number of nitrogens with zero attached hydrogens (tertiary/aromatic N) is 12. The van der Waals surface area contributed by atoms with Crippen molar-refractivity contribution in [2.24, 2.45) is 7.05 Å². The molecule has 5 heterocycles. The quantitative estimate of drug-likeness (QED) is 0.114. The van der Waals surface area contributed by atoms with Crippen LogP contribution in [0.2, 0.25) is 20.1 Å². The van der Waals surface area contributed by atoms with E-state index in [9.17, 15) is 49.5 Å². The van der Waals surface area contributed by atoms with Gasteiger partial charge in [-0.25, -0.2) is 84.2 Å². The lowest BCUT2D eigenvalue weighted by Crippen LogP contribution is -2.16. The average molecular weight is 1490 g/mol. The monoisotopic (exact) mass is 1480 g/mol. The first-order valence-electron chi connectivity index (χ1n) is 26.7. The Morgan fingerprint density at radius 1 is 0.484 bits per heavy atom. The van der Waals surface area contributed by atoms with Gasteiger partial charge in [-0.05, 0) is 104 Å². The molecule has 0 saturated heterocycles. The summed E-state index contributed by atoms with van der Waals surface area (Å²) in [6.07, 6.45) is 15.1. The Morgan fingerprint density at radius 2 is 0.800 bits per heavy atom. The molecular weight excluding hydrogens is 1440 g/mol. The lowest BCUT2D eigenvalue weighted by atomic mass is 9.99. The Kier molecular flexibility index (Phi) is 21.2. The topological polar surface area (TPSA) is 368 Å².